The molecule has 0 unspecified atom stereocenters. The number of alkyl halides is 3. The van der Waals surface area contributed by atoms with Gasteiger partial charge in [-0.25, -0.2) is 4.68 Å². The maximum absolute atomic E-state index is 13.8. The zero-order valence-electron chi connectivity index (χ0n) is 15.2. The van der Waals surface area contributed by atoms with Crippen molar-refractivity contribution >= 4 is 46.3 Å². The van der Waals surface area contributed by atoms with Crippen LogP contribution in [0.5, 0.6) is 0 Å². The second-order valence-electron chi connectivity index (χ2n) is 6.79. The van der Waals surface area contributed by atoms with Crippen molar-refractivity contribution in [3.63, 3.8) is 0 Å². The van der Waals surface area contributed by atoms with Crippen LogP contribution in [-0.4, -0.2) is 21.9 Å². The lowest BCUT2D eigenvalue weighted by Gasteiger charge is -2.33. The van der Waals surface area contributed by atoms with Crippen LogP contribution in [0.3, 0.4) is 0 Å². The van der Waals surface area contributed by atoms with Gasteiger partial charge in [0.05, 0.1) is 22.6 Å². The van der Waals surface area contributed by atoms with Crippen molar-refractivity contribution in [1.82, 2.24) is 15.1 Å². The number of benzene rings is 1. The van der Waals surface area contributed by atoms with Gasteiger partial charge in [-0.3, -0.25) is 4.79 Å². The Labute approximate surface area is 183 Å². The first-order valence-corrected chi connectivity index (χ1v) is 10.5. The average molecular weight is 475 g/mol. The van der Waals surface area contributed by atoms with Gasteiger partial charge >= 0.3 is 6.18 Å². The van der Waals surface area contributed by atoms with E-state index in [9.17, 15) is 18.0 Å². The molecule has 2 aromatic heterocycles. The van der Waals surface area contributed by atoms with Gasteiger partial charge in [0.25, 0.3) is 5.91 Å². The molecule has 0 radical (unpaired) electrons. The van der Waals surface area contributed by atoms with E-state index >= 15 is 0 Å². The minimum absolute atomic E-state index is 0.0851. The normalized spacial score (nSPS) is 18.6. The number of fused-ring (bicyclic) bond motifs is 1. The maximum atomic E-state index is 13.8. The minimum atomic E-state index is -4.54. The number of nitrogens with zero attached hydrogens (tertiary/aromatic N) is 2. The first-order chi connectivity index (χ1) is 14.2. The zero-order chi connectivity index (χ0) is 21.5. The highest BCUT2D eigenvalue weighted by molar-refractivity contribution is 7.09. The predicted molar refractivity (Wildman–Crippen MR) is 110 cm³/mol. The van der Waals surface area contributed by atoms with E-state index in [4.69, 9.17) is 23.2 Å². The highest BCUT2D eigenvalue weighted by Crippen LogP contribution is 2.44. The van der Waals surface area contributed by atoms with Gasteiger partial charge in [-0.05, 0) is 29.1 Å². The molecule has 1 aliphatic rings. The van der Waals surface area contributed by atoms with Gasteiger partial charge in [-0.1, -0.05) is 35.3 Å². The van der Waals surface area contributed by atoms with Gasteiger partial charge in [0.2, 0.25) is 0 Å². The van der Waals surface area contributed by atoms with E-state index in [1.807, 2.05) is 17.5 Å². The number of anilines is 1. The number of hydrogen-bond donors (Lipinski definition) is 2. The number of halogens is 5. The summed E-state index contributed by atoms with van der Waals surface area (Å²) >= 11 is 13.4. The molecule has 3 heterocycles. The molecule has 30 heavy (non-hydrogen) atoms. The number of hydrogen-bond acceptors (Lipinski definition) is 4. The van der Waals surface area contributed by atoms with Crippen molar-refractivity contribution in [3.05, 3.63) is 68.0 Å². The standard InChI is InChI=1S/C19H15Cl2F3N4OS/c20-12-4-3-10(6-13(12)21)14-7-16(19(22,23)24)28-17(26-14)8-15(27-28)18(29)25-9-11-2-1-5-30-11/h1-6,8,14,16,26H,7,9H2,(H,25,29)/t14-,16+/m1/s1. The van der Waals surface area contributed by atoms with Gasteiger partial charge in [0.15, 0.2) is 11.7 Å². The van der Waals surface area contributed by atoms with Crippen molar-refractivity contribution in [2.75, 3.05) is 5.32 Å². The van der Waals surface area contributed by atoms with Gasteiger partial charge in [-0.2, -0.15) is 18.3 Å². The van der Waals surface area contributed by atoms with E-state index in [-0.39, 0.29) is 29.5 Å². The molecule has 0 saturated heterocycles. The third-order valence-electron chi connectivity index (χ3n) is 4.77. The van der Waals surface area contributed by atoms with Gasteiger partial charge in [0, 0.05) is 17.4 Å². The second-order valence-corrected chi connectivity index (χ2v) is 8.63. The Kier molecular flexibility index (Phi) is 5.69. The summed E-state index contributed by atoms with van der Waals surface area (Å²) < 4.78 is 42.1. The van der Waals surface area contributed by atoms with Crippen molar-refractivity contribution in [2.24, 2.45) is 0 Å². The van der Waals surface area contributed by atoms with E-state index < -0.39 is 24.2 Å². The smallest absolute Gasteiger partial charge is 0.363 e. The number of amides is 1. The highest BCUT2D eigenvalue weighted by atomic mass is 35.5. The fourth-order valence-electron chi connectivity index (χ4n) is 3.30. The molecule has 11 heteroatoms. The Morgan fingerprint density at radius 3 is 2.73 bits per heavy atom. The van der Waals surface area contributed by atoms with Crippen LogP contribution in [0.25, 0.3) is 0 Å². The third kappa shape index (κ3) is 4.28. The van der Waals surface area contributed by atoms with Crippen molar-refractivity contribution in [2.45, 2.75) is 31.2 Å². The number of rotatable bonds is 4. The molecule has 5 nitrogen and oxygen atoms in total. The molecule has 0 saturated carbocycles. The summed E-state index contributed by atoms with van der Waals surface area (Å²) in [7, 11) is 0. The SMILES string of the molecule is O=C(NCc1cccs1)c1cc2n(n1)[C@H](C(F)(F)F)C[C@H](c1ccc(Cl)c(Cl)c1)N2. The molecule has 1 aromatic carbocycles. The van der Waals surface area contributed by atoms with E-state index in [2.05, 4.69) is 15.7 Å². The lowest BCUT2D eigenvalue weighted by atomic mass is 9.97. The summed E-state index contributed by atoms with van der Waals surface area (Å²) in [6.07, 6.45) is -4.84. The van der Waals surface area contributed by atoms with Gasteiger partial charge < -0.3 is 10.6 Å². The molecule has 1 aliphatic heterocycles. The Morgan fingerprint density at radius 1 is 1.27 bits per heavy atom. The van der Waals surface area contributed by atoms with Crippen LogP contribution in [0, 0.1) is 0 Å². The Bertz CT molecular complexity index is 1070. The van der Waals surface area contributed by atoms with Crippen LogP contribution in [0.2, 0.25) is 10.0 Å². The largest absolute Gasteiger partial charge is 0.410 e. The molecule has 1 amide bonds. The van der Waals surface area contributed by atoms with E-state index in [1.165, 1.54) is 23.5 Å². The van der Waals surface area contributed by atoms with Crippen LogP contribution in [-0.2, 0) is 6.54 Å². The minimum Gasteiger partial charge on any atom is -0.363 e. The summed E-state index contributed by atoms with van der Waals surface area (Å²) in [5.41, 5.74) is 0.480. The first-order valence-electron chi connectivity index (χ1n) is 8.90. The highest BCUT2D eigenvalue weighted by Gasteiger charge is 2.46. The van der Waals surface area contributed by atoms with Crippen LogP contribution < -0.4 is 10.6 Å². The molecular weight excluding hydrogens is 460 g/mol. The average Bonchev–Trinajstić information content (AvgIpc) is 3.36. The Balaban J connectivity index is 1.61. The zero-order valence-corrected chi connectivity index (χ0v) is 17.5. The van der Waals surface area contributed by atoms with Crippen molar-refractivity contribution < 1.29 is 18.0 Å². The molecule has 0 bridgehead atoms. The van der Waals surface area contributed by atoms with Crippen molar-refractivity contribution in [1.29, 1.82) is 0 Å². The summed E-state index contributed by atoms with van der Waals surface area (Å²) in [6.45, 7) is 0.278. The molecule has 4 rings (SSSR count). The maximum Gasteiger partial charge on any atom is 0.410 e. The third-order valence-corrected chi connectivity index (χ3v) is 6.39. The van der Waals surface area contributed by atoms with E-state index in [0.717, 1.165) is 9.56 Å². The summed E-state index contributed by atoms with van der Waals surface area (Å²) in [5, 5.41) is 12.1. The summed E-state index contributed by atoms with van der Waals surface area (Å²) in [5.74, 6) is -0.431. The van der Waals surface area contributed by atoms with E-state index in [0.29, 0.717) is 10.6 Å². The summed E-state index contributed by atoms with van der Waals surface area (Å²) in [4.78, 5) is 13.4. The summed E-state index contributed by atoms with van der Waals surface area (Å²) in [6, 6.07) is 7.18. The molecule has 2 atom stereocenters. The van der Waals surface area contributed by atoms with Crippen LogP contribution in [0.4, 0.5) is 19.0 Å². The molecule has 158 valence electrons. The molecular formula is C19H15Cl2F3N4OS. The van der Waals surface area contributed by atoms with Crippen molar-refractivity contribution in [3.8, 4) is 0 Å². The number of carbonyl (C=O) groups excluding carboxylic acids is 1. The Hall–Kier alpha value is -2.23. The predicted octanol–water partition coefficient (Wildman–Crippen LogP) is 5.84. The number of aromatic nitrogens is 2. The fraction of sp³-hybridized carbons (Fsp3) is 0.263. The quantitative estimate of drug-likeness (QED) is 0.499. The fourth-order valence-corrected chi connectivity index (χ4v) is 4.25. The van der Waals surface area contributed by atoms with Gasteiger partial charge in [0.1, 0.15) is 5.82 Å². The number of thiophene rings is 1. The number of nitrogens with one attached hydrogen (secondary N) is 2. The Morgan fingerprint density at radius 2 is 2.07 bits per heavy atom. The second kappa shape index (κ2) is 8.13. The molecule has 0 fully saturated rings. The van der Waals surface area contributed by atoms with Gasteiger partial charge in [-0.15, -0.1) is 11.3 Å². The molecule has 2 N–H and O–H groups in total. The van der Waals surface area contributed by atoms with E-state index in [1.54, 1.807) is 12.1 Å². The molecule has 0 spiro atoms. The number of carbonyl (C=O) groups is 1. The van der Waals surface area contributed by atoms with Crippen LogP contribution >= 0.6 is 34.5 Å². The molecule has 3 aromatic rings. The monoisotopic (exact) mass is 474 g/mol. The lowest BCUT2D eigenvalue weighted by molar-refractivity contribution is -0.173. The van der Waals surface area contributed by atoms with Crippen LogP contribution in [0.15, 0.2) is 41.8 Å². The lowest BCUT2D eigenvalue weighted by Crippen LogP contribution is -2.35. The van der Waals surface area contributed by atoms with Crippen LogP contribution in [0.1, 0.15) is 39.4 Å². The first kappa shape index (κ1) is 21.0. The molecule has 0 aliphatic carbocycles. The topological polar surface area (TPSA) is 59.0 Å².